The molecule has 4 rings (SSSR count). The molecule has 1 saturated carbocycles. The average molecular weight is 505 g/mol. The zero-order valence-electron chi connectivity index (χ0n) is 24.0. The van der Waals surface area contributed by atoms with Crippen LogP contribution in [0.2, 0.25) is 0 Å². The Hall–Kier alpha value is -2.62. The largest absolute Gasteiger partial charge is 0.426 e. The molecule has 1 heterocycles. The molecule has 0 aromatic heterocycles. The fourth-order valence-corrected chi connectivity index (χ4v) is 7.41. The SMILES string of the molecule is CCc1ccc(C)cc1OC(=O)C1CC2C(=O)Oc3cc(C(CC)(CC)C(C)(CC)CC)ccc3C12C. The Morgan fingerprint density at radius 1 is 1.03 bits per heavy atom. The standard InChI is InChI=1S/C33H44O4/c1-9-22-15-14-21(6)18-27(22)36-29(34)25-20-26-30(35)37-28-19-23(16-17-24(28)32(25,26)8)33(12-4,13-5)31(7,10-2)11-3/h14-19,25-26H,9-13,20H2,1-8H3. The number of hydrogen-bond acceptors (Lipinski definition) is 4. The number of fused-ring (bicyclic) bond motifs is 3. The molecule has 4 nitrogen and oxygen atoms in total. The Kier molecular flexibility index (Phi) is 7.35. The van der Waals surface area contributed by atoms with Gasteiger partial charge in [0, 0.05) is 16.4 Å². The lowest BCUT2D eigenvalue weighted by Crippen LogP contribution is -2.61. The molecule has 3 atom stereocenters. The first-order valence-electron chi connectivity index (χ1n) is 14.2. The highest BCUT2D eigenvalue weighted by Gasteiger charge is 2.63. The van der Waals surface area contributed by atoms with E-state index in [1.807, 2.05) is 32.0 Å². The minimum absolute atomic E-state index is 0.0185. The van der Waals surface area contributed by atoms with E-state index in [1.165, 1.54) is 5.56 Å². The summed E-state index contributed by atoms with van der Waals surface area (Å²) in [5, 5.41) is 0. The van der Waals surface area contributed by atoms with Gasteiger partial charge in [-0.15, -0.1) is 0 Å². The van der Waals surface area contributed by atoms with Crippen LogP contribution in [0.5, 0.6) is 11.5 Å². The van der Waals surface area contributed by atoms with Gasteiger partial charge in [0.25, 0.3) is 0 Å². The van der Waals surface area contributed by atoms with Crippen LogP contribution in [0.4, 0.5) is 0 Å². The van der Waals surface area contributed by atoms with Crippen molar-refractivity contribution in [2.45, 2.75) is 105 Å². The lowest BCUT2D eigenvalue weighted by molar-refractivity contribution is -0.164. The van der Waals surface area contributed by atoms with E-state index >= 15 is 0 Å². The zero-order valence-corrected chi connectivity index (χ0v) is 24.0. The molecule has 2 aromatic rings. The number of carbonyl (C=O) groups excluding carboxylic acids is 2. The van der Waals surface area contributed by atoms with Gasteiger partial charge in [0.1, 0.15) is 11.5 Å². The minimum atomic E-state index is -0.629. The van der Waals surface area contributed by atoms with Crippen molar-refractivity contribution in [3.05, 3.63) is 58.7 Å². The van der Waals surface area contributed by atoms with Crippen LogP contribution in [0.25, 0.3) is 0 Å². The monoisotopic (exact) mass is 504 g/mol. The summed E-state index contributed by atoms with van der Waals surface area (Å²) >= 11 is 0. The van der Waals surface area contributed by atoms with Gasteiger partial charge in [-0.05, 0) is 79.7 Å². The minimum Gasteiger partial charge on any atom is -0.426 e. The molecular formula is C33H44O4. The van der Waals surface area contributed by atoms with E-state index < -0.39 is 5.41 Å². The summed E-state index contributed by atoms with van der Waals surface area (Å²) in [6.07, 6.45) is 5.43. The molecule has 0 N–H and O–H groups in total. The van der Waals surface area contributed by atoms with Crippen molar-refractivity contribution in [1.82, 2.24) is 0 Å². The van der Waals surface area contributed by atoms with Gasteiger partial charge in [-0.2, -0.15) is 0 Å². The Morgan fingerprint density at radius 3 is 2.30 bits per heavy atom. The normalized spacial score (nSPS) is 23.0. The smallest absolute Gasteiger partial charge is 0.315 e. The van der Waals surface area contributed by atoms with E-state index in [9.17, 15) is 9.59 Å². The second kappa shape index (κ2) is 9.93. The van der Waals surface area contributed by atoms with E-state index in [1.54, 1.807) is 0 Å². The van der Waals surface area contributed by atoms with E-state index in [0.717, 1.165) is 48.8 Å². The highest BCUT2D eigenvalue weighted by atomic mass is 16.5. The molecule has 200 valence electrons. The second-order valence-electron chi connectivity index (χ2n) is 11.7. The first-order valence-corrected chi connectivity index (χ1v) is 14.2. The first kappa shape index (κ1) is 27.4. The van der Waals surface area contributed by atoms with Crippen molar-refractivity contribution >= 4 is 11.9 Å². The van der Waals surface area contributed by atoms with Crippen LogP contribution in [0.15, 0.2) is 36.4 Å². The number of benzene rings is 2. The van der Waals surface area contributed by atoms with Gasteiger partial charge < -0.3 is 9.47 Å². The van der Waals surface area contributed by atoms with Crippen molar-refractivity contribution in [2.24, 2.45) is 17.3 Å². The zero-order chi connectivity index (χ0) is 27.2. The van der Waals surface area contributed by atoms with E-state index in [0.29, 0.717) is 17.9 Å². The summed E-state index contributed by atoms with van der Waals surface area (Å²) in [6, 6.07) is 12.4. The van der Waals surface area contributed by atoms with Crippen LogP contribution in [0.3, 0.4) is 0 Å². The summed E-state index contributed by atoms with van der Waals surface area (Å²) in [7, 11) is 0. The molecule has 4 heteroatoms. The molecule has 0 radical (unpaired) electrons. The predicted molar refractivity (Wildman–Crippen MR) is 148 cm³/mol. The Bertz CT molecular complexity index is 1190. The maximum Gasteiger partial charge on any atom is 0.315 e. The highest BCUT2D eigenvalue weighted by Crippen LogP contribution is 2.60. The van der Waals surface area contributed by atoms with E-state index in [-0.39, 0.29) is 34.6 Å². The number of ether oxygens (including phenoxy) is 2. The fraction of sp³-hybridized carbons (Fsp3) is 0.576. The summed E-state index contributed by atoms with van der Waals surface area (Å²) in [4.78, 5) is 26.6. The molecule has 0 bridgehead atoms. The van der Waals surface area contributed by atoms with Gasteiger partial charge in [0.2, 0.25) is 0 Å². The van der Waals surface area contributed by atoms with Crippen LogP contribution in [0, 0.1) is 24.2 Å². The third-order valence-corrected chi connectivity index (χ3v) is 10.6. The van der Waals surface area contributed by atoms with Gasteiger partial charge in [-0.25, -0.2) is 0 Å². The molecule has 3 unspecified atom stereocenters. The van der Waals surface area contributed by atoms with Crippen LogP contribution in [-0.4, -0.2) is 11.9 Å². The van der Waals surface area contributed by atoms with Crippen LogP contribution >= 0.6 is 0 Å². The molecular weight excluding hydrogens is 460 g/mol. The van der Waals surface area contributed by atoms with E-state index in [4.69, 9.17) is 9.47 Å². The summed E-state index contributed by atoms with van der Waals surface area (Å²) in [5.41, 5.74) is 3.72. The number of esters is 2. The Balaban J connectivity index is 1.72. The Morgan fingerprint density at radius 2 is 1.70 bits per heavy atom. The maximum atomic E-state index is 13.5. The number of hydrogen-bond donors (Lipinski definition) is 0. The summed E-state index contributed by atoms with van der Waals surface area (Å²) < 4.78 is 11.9. The first-order chi connectivity index (χ1) is 17.5. The molecule has 1 aliphatic carbocycles. The topological polar surface area (TPSA) is 52.6 Å². The van der Waals surface area contributed by atoms with Crippen molar-refractivity contribution in [3.63, 3.8) is 0 Å². The molecule has 1 aliphatic heterocycles. The molecule has 0 saturated heterocycles. The van der Waals surface area contributed by atoms with Crippen LogP contribution in [-0.2, 0) is 26.8 Å². The third-order valence-electron chi connectivity index (χ3n) is 10.6. The summed E-state index contributed by atoms with van der Waals surface area (Å²) in [5.74, 6) is 0.0362. The average Bonchev–Trinajstić information content (AvgIpc) is 2.88. The van der Waals surface area contributed by atoms with Crippen molar-refractivity contribution in [1.29, 1.82) is 0 Å². The molecule has 1 fully saturated rings. The summed E-state index contributed by atoms with van der Waals surface area (Å²) in [6.45, 7) is 17.6. The van der Waals surface area contributed by atoms with Crippen molar-refractivity contribution < 1.29 is 19.1 Å². The third kappa shape index (κ3) is 4.02. The quantitative estimate of drug-likeness (QED) is 0.258. The molecule has 0 amide bonds. The van der Waals surface area contributed by atoms with Gasteiger partial charge in [0.05, 0.1) is 11.8 Å². The highest BCUT2D eigenvalue weighted by molar-refractivity contribution is 5.89. The van der Waals surface area contributed by atoms with Crippen LogP contribution < -0.4 is 9.47 Å². The maximum absolute atomic E-state index is 13.5. The van der Waals surface area contributed by atoms with Crippen molar-refractivity contribution in [3.8, 4) is 11.5 Å². The van der Waals surface area contributed by atoms with Gasteiger partial charge in [-0.1, -0.05) is 72.7 Å². The Labute approximate surface area is 223 Å². The fourth-order valence-electron chi connectivity index (χ4n) is 7.41. The lowest BCUT2D eigenvalue weighted by Gasteiger charge is -2.54. The predicted octanol–water partition coefficient (Wildman–Crippen LogP) is 7.86. The van der Waals surface area contributed by atoms with Gasteiger partial charge in [0.15, 0.2) is 0 Å². The van der Waals surface area contributed by atoms with Gasteiger partial charge >= 0.3 is 11.9 Å². The van der Waals surface area contributed by atoms with E-state index in [2.05, 4.69) is 59.7 Å². The molecule has 2 aromatic carbocycles. The molecule has 2 aliphatic rings. The lowest BCUT2D eigenvalue weighted by atomic mass is 9.49. The molecule has 37 heavy (non-hydrogen) atoms. The number of rotatable bonds is 9. The van der Waals surface area contributed by atoms with Crippen LogP contribution in [0.1, 0.15) is 103 Å². The number of carbonyl (C=O) groups is 2. The molecule has 0 spiro atoms. The van der Waals surface area contributed by atoms with Gasteiger partial charge in [-0.3, -0.25) is 9.59 Å². The number of aryl methyl sites for hydroxylation is 2. The van der Waals surface area contributed by atoms with Crippen molar-refractivity contribution in [2.75, 3.05) is 0 Å². The second-order valence-corrected chi connectivity index (χ2v) is 11.7.